The largest absolute Gasteiger partial charge is 0.478 e. The predicted molar refractivity (Wildman–Crippen MR) is 76.9 cm³/mol. The second kappa shape index (κ2) is 6.23. The fourth-order valence-electron chi connectivity index (χ4n) is 1.83. The lowest BCUT2D eigenvalue weighted by Crippen LogP contribution is -2.43. The fourth-order valence-corrected chi connectivity index (χ4v) is 3.12. The van der Waals surface area contributed by atoms with E-state index in [0.717, 1.165) is 0 Å². The molecule has 0 aromatic heterocycles. The van der Waals surface area contributed by atoms with Gasteiger partial charge in [-0.3, -0.25) is 4.21 Å². The maximum Gasteiger partial charge on any atom is 0.335 e. The summed E-state index contributed by atoms with van der Waals surface area (Å²) in [5, 5.41) is 11.8. The van der Waals surface area contributed by atoms with Gasteiger partial charge < -0.3 is 15.3 Å². The van der Waals surface area contributed by atoms with Crippen molar-refractivity contribution in [2.24, 2.45) is 0 Å². The minimum absolute atomic E-state index is 0.00699. The van der Waals surface area contributed by atoms with Crippen LogP contribution in [-0.2, 0) is 10.8 Å². The van der Waals surface area contributed by atoms with E-state index in [0.29, 0.717) is 30.3 Å². The Morgan fingerprint density at radius 1 is 1.25 bits per heavy atom. The Morgan fingerprint density at radius 2 is 1.90 bits per heavy atom. The van der Waals surface area contributed by atoms with Gasteiger partial charge in [0.2, 0.25) is 0 Å². The molecule has 20 heavy (non-hydrogen) atoms. The monoisotopic (exact) mass is 316 g/mol. The van der Waals surface area contributed by atoms with Crippen molar-refractivity contribution in [1.82, 2.24) is 4.90 Å². The van der Waals surface area contributed by atoms with Crippen LogP contribution in [0.5, 0.6) is 0 Å². The lowest BCUT2D eigenvalue weighted by molar-refractivity contribution is 0.0697. The first-order valence-corrected chi connectivity index (χ1v) is 7.77. The molecule has 1 aromatic carbocycles. The van der Waals surface area contributed by atoms with E-state index in [-0.39, 0.29) is 16.6 Å². The van der Waals surface area contributed by atoms with Crippen LogP contribution in [-0.4, -0.2) is 50.8 Å². The van der Waals surface area contributed by atoms with E-state index >= 15 is 0 Å². The maximum atomic E-state index is 12.0. The summed E-state index contributed by atoms with van der Waals surface area (Å²) in [6.07, 6.45) is 0. The lowest BCUT2D eigenvalue weighted by atomic mass is 10.2. The number of nitrogens with one attached hydrogen (secondary N) is 1. The fraction of sp³-hybridized carbons (Fsp3) is 0.333. The molecule has 2 rings (SSSR count). The molecule has 0 saturated carbocycles. The molecule has 1 heterocycles. The van der Waals surface area contributed by atoms with E-state index in [4.69, 9.17) is 16.7 Å². The molecule has 0 atom stereocenters. The second-order valence-corrected chi connectivity index (χ2v) is 6.43. The number of urea groups is 1. The first-order valence-electron chi connectivity index (χ1n) is 5.90. The van der Waals surface area contributed by atoms with E-state index in [1.54, 1.807) is 4.90 Å². The highest BCUT2D eigenvalue weighted by Crippen LogP contribution is 2.19. The Balaban J connectivity index is 2.07. The number of rotatable bonds is 2. The molecule has 0 aliphatic carbocycles. The number of carbonyl (C=O) groups is 2. The number of hydrogen-bond donors (Lipinski definition) is 2. The smallest absolute Gasteiger partial charge is 0.335 e. The Kier molecular flexibility index (Phi) is 4.61. The maximum absolute atomic E-state index is 12.0. The van der Waals surface area contributed by atoms with Crippen molar-refractivity contribution in [2.45, 2.75) is 0 Å². The molecule has 1 saturated heterocycles. The zero-order chi connectivity index (χ0) is 14.7. The standard InChI is InChI=1S/C12H13ClN2O4S/c13-9-5-8(11(16)17)6-10(7-9)14-12(18)15-1-3-20(19)4-2-15/h5-7H,1-4H2,(H,14,18)(H,16,17). The number of carboxylic acids is 1. The molecule has 0 bridgehead atoms. The molecule has 8 heteroatoms. The Labute approximate surface area is 123 Å². The zero-order valence-electron chi connectivity index (χ0n) is 10.5. The molecule has 108 valence electrons. The van der Waals surface area contributed by atoms with Gasteiger partial charge in [0.15, 0.2) is 0 Å². The van der Waals surface area contributed by atoms with Crippen molar-refractivity contribution < 1.29 is 18.9 Å². The number of amides is 2. The summed E-state index contributed by atoms with van der Waals surface area (Å²) in [5.74, 6) is -0.191. The first kappa shape index (κ1) is 14.8. The first-order chi connectivity index (χ1) is 9.45. The molecule has 1 aliphatic rings. The third-order valence-corrected chi connectivity index (χ3v) is 4.36. The number of anilines is 1. The molecule has 1 fully saturated rings. The van der Waals surface area contributed by atoms with E-state index in [1.165, 1.54) is 18.2 Å². The van der Waals surface area contributed by atoms with E-state index in [1.807, 2.05) is 0 Å². The number of carbonyl (C=O) groups excluding carboxylic acids is 1. The van der Waals surface area contributed by atoms with Crippen molar-refractivity contribution in [1.29, 1.82) is 0 Å². The van der Waals surface area contributed by atoms with Crippen LogP contribution in [0.25, 0.3) is 0 Å². The third kappa shape index (κ3) is 3.71. The Bertz CT molecular complexity index is 569. The summed E-state index contributed by atoms with van der Waals surface area (Å²) in [4.78, 5) is 24.4. The molecular formula is C12H13ClN2O4S. The van der Waals surface area contributed by atoms with E-state index < -0.39 is 16.8 Å². The normalized spacial score (nSPS) is 15.9. The highest BCUT2D eigenvalue weighted by molar-refractivity contribution is 7.85. The summed E-state index contributed by atoms with van der Waals surface area (Å²) < 4.78 is 11.2. The highest BCUT2D eigenvalue weighted by atomic mass is 35.5. The SMILES string of the molecule is O=C(O)c1cc(Cl)cc(NC(=O)N2CCS(=O)CC2)c1. The van der Waals surface area contributed by atoms with Crippen LogP contribution < -0.4 is 5.32 Å². The van der Waals surface area contributed by atoms with Gasteiger partial charge >= 0.3 is 12.0 Å². The summed E-state index contributed by atoms with van der Waals surface area (Å²) >= 11 is 5.81. The number of nitrogens with zero attached hydrogens (tertiary/aromatic N) is 1. The second-order valence-electron chi connectivity index (χ2n) is 4.30. The molecule has 2 amide bonds. The van der Waals surface area contributed by atoms with Crippen molar-refractivity contribution in [3.8, 4) is 0 Å². The molecule has 0 radical (unpaired) electrons. The van der Waals surface area contributed by atoms with Crippen LogP contribution >= 0.6 is 11.6 Å². The van der Waals surface area contributed by atoms with Gasteiger partial charge in [-0.15, -0.1) is 0 Å². The minimum atomic E-state index is -1.11. The quantitative estimate of drug-likeness (QED) is 0.868. The Hall–Kier alpha value is -1.60. The summed E-state index contributed by atoms with van der Waals surface area (Å²) in [6, 6.07) is 3.78. The van der Waals surface area contributed by atoms with E-state index in [2.05, 4.69) is 5.32 Å². The summed E-state index contributed by atoms with van der Waals surface area (Å²) in [6.45, 7) is 0.843. The van der Waals surface area contributed by atoms with Crippen molar-refractivity contribution in [3.05, 3.63) is 28.8 Å². The average Bonchev–Trinajstić information content (AvgIpc) is 2.38. The van der Waals surface area contributed by atoms with Gasteiger partial charge in [-0.1, -0.05) is 11.6 Å². The number of aromatic carboxylic acids is 1. The van der Waals surface area contributed by atoms with Crippen molar-refractivity contribution in [3.63, 3.8) is 0 Å². The van der Waals surface area contributed by atoms with Crippen LogP contribution in [0.4, 0.5) is 10.5 Å². The van der Waals surface area contributed by atoms with Crippen LogP contribution in [0.3, 0.4) is 0 Å². The van der Waals surface area contributed by atoms with Gasteiger partial charge in [-0.2, -0.15) is 0 Å². The van der Waals surface area contributed by atoms with Gasteiger partial charge in [0.05, 0.1) is 5.56 Å². The molecular weight excluding hydrogens is 304 g/mol. The number of benzene rings is 1. The Morgan fingerprint density at radius 3 is 2.50 bits per heavy atom. The molecule has 1 aliphatic heterocycles. The molecule has 0 spiro atoms. The zero-order valence-corrected chi connectivity index (χ0v) is 12.0. The van der Waals surface area contributed by atoms with Crippen LogP contribution in [0.15, 0.2) is 18.2 Å². The van der Waals surface area contributed by atoms with Crippen molar-refractivity contribution >= 4 is 40.1 Å². The predicted octanol–water partition coefficient (Wildman–Crippen LogP) is 1.63. The number of halogens is 1. The van der Waals surface area contributed by atoms with Gasteiger partial charge in [0, 0.05) is 46.1 Å². The number of carboxylic acid groups (broad SMARTS) is 1. The molecule has 1 aromatic rings. The van der Waals surface area contributed by atoms with Crippen LogP contribution in [0.1, 0.15) is 10.4 Å². The summed E-state index contributed by atoms with van der Waals surface area (Å²) in [7, 11) is -0.858. The third-order valence-electron chi connectivity index (χ3n) is 2.86. The lowest BCUT2D eigenvalue weighted by Gasteiger charge is -2.26. The molecule has 0 unspecified atom stereocenters. The molecule has 2 N–H and O–H groups in total. The van der Waals surface area contributed by atoms with Crippen molar-refractivity contribution in [2.75, 3.05) is 29.9 Å². The minimum Gasteiger partial charge on any atom is -0.478 e. The van der Waals surface area contributed by atoms with Crippen LogP contribution in [0.2, 0.25) is 5.02 Å². The number of hydrogen-bond acceptors (Lipinski definition) is 3. The molecule has 6 nitrogen and oxygen atoms in total. The van der Waals surface area contributed by atoms with Crippen LogP contribution in [0, 0.1) is 0 Å². The topological polar surface area (TPSA) is 86.7 Å². The van der Waals surface area contributed by atoms with Gasteiger partial charge in [0.1, 0.15) is 0 Å². The van der Waals surface area contributed by atoms with E-state index in [9.17, 15) is 13.8 Å². The van der Waals surface area contributed by atoms with Gasteiger partial charge in [-0.25, -0.2) is 9.59 Å². The van der Waals surface area contributed by atoms with Gasteiger partial charge in [0.25, 0.3) is 0 Å². The summed E-state index contributed by atoms with van der Waals surface area (Å²) in [5.41, 5.74) is 0.333. The van der Waals surface area contributed by atoms with Gasteiger partial charge in [-0.05, 0) is 18.2 Å². The average molecular weight is 317 g/mol. The highest BCUT2D eigenvalue weighted by Gasteiger charge is 2.20.